The van der Waals surface area contributed by atoms with Crippen molar-refractivity contribution < 1.29 is 0 Å². The van der Waals surface area contributed by atoms with Crippen LogP contribution >= 0.6 is 0 Å². The van der Waals surface area contributed by atoms with E-state index in [2.05, 4.69) is 59.3 Å². The predicted molar refractivity (Wildman–Crippen MR) is 90.5 cm³/mol. The fourth-order valence-electron chi connectivity index (χ4n) is 3.19. The minimum atomic E-state index is 0.717. The van der Waals surface area contributed by atoms with Crippen LogP contribution in [0.1, 0.15) is 32.3 Å². The lowest BCUT2D eigenvalue weighted by Crippen LogP contribution is -2.52. The van der Waals surface area contributed by atoms with Gasteiger partial charge in [0.25, 0.3) is 0 Å². The molecule has 0 spiro atoms. The summed E-state index contributed by atoms with van der Waals surface area (Å²) in [6.07, 6.45) is 2.59. The highest BCUT2D eigenvalue weighted by Crippen LogP contribution is 2.13. The third-order valence-corrected chi connectivity index (χ3v) is 4.42. The molecule has 0 saturated carbocycles. The molecular weight excluding hydrogens is 258 g/mol. The molecule has 0 aromatic heterocycles. The molecule has 118 valence electrons. The molecular formula is C18H31N3. The zero-order chi connectivity index (χ0) is 14.9. The molecule has 1 saturated heterocycles. The Morgan fingerprint density at radius 2 is 1.76 bits per heavy atom. The van der Waals surface area contributed by atoms with E-state index in [0.717, 1.165) is 19.6 Å². The van der Waals surface area contributed by atoms with E-state index in [9.17, 15) is 0 Å². The first kappa shape index (κ1) is 16.5. The lowest BCUT2D eigenvalue weighted by molar-refractivity contribution is 0.0872. The quantitative estimate of drug-likeness (QED) is 0.793. The molecule has 1 atom stereocenters. The molecule has 0 aliphatic carbocycles. The smallest absolute Gasteiger partial charge is 0.0234 e. The van der Waals surface area contributed by atoms with E-state index in [1.165, 1.54) is 44.6 Å². The molecule has 1 aliphatic rings. The number of nitrogens with zero attached hydrogens (tertiary/aromatic N) is 2. The Morgan fingerprint density at radius 1 is 1.05 bits per heavy atom. The van der Waals surface area contributed by atoms with E-state index >= 15 is 0 Å². The number of hydrogen-bond donors (Lipinski definition) is 1. The Labute approximate surface area is 130 Å². The Hall–Kier alpha value is -0.900. The number of nitrogens with one attached hydrogen (secondary N) is 1. The minimum absolute atomic E-state index is 0.717. The fourth-order valence-corrected chi connectivity index (χ4v) is 3.19. The summed E-state index contributed by atoms with van der Waals surface area (Å²) >= 11 is 0. The van der Waals surface area contributed by atoms with Gasteiger partial charge < -0.3 is 5.32 Å². The van der Waals surface area contributed by atoms with Crippen molar-refractivity contribution in [3.05, 3.63) is 35.9 Å². The van der Waals surface area contributed by atoms with E-state index in [4.69, 9.17) is 0 Å². The van der Waals surface area contributed by atoms with Gasteiger partial charge in [-0.05, 0) is 18.5 Å². The second-order valence-corrected chi connectivity index (χ2v) is 6.05. The summed E-state index contributed by atoms with van der Waals surface area (Å²) in [6.45, 7) is 12.6. The summed E-state index contributed by atoms with van der Waals surface area (Å²) < 4.78 is 0. The normalized spacial score (nSPS) is 18.8. The summed E-state index contributed by atoms with van der Waals surface area (Å²) in [4.78, 5) is 5.27. The van der Waals surface area contributed by atoms with E-state index in [-0.39, 0.29) is 0 Å². The van der Waals surface area contributed by atoms with Crippen LogP contribution in [0.2, 0.25) is 0 Å². The first-order valence-corrected chi connectivity index (χ1v) is 8.54. The summed E-state index contributed by atoms with van der Waals surface area (Å²) in [5.41, 5.74) is 1.43. The Balaban J connectivity index is 1.78. The molecule has 3 nitrogen and oxygen atoms in total. The number of rotatable bonds is 8. The number of hydrogen-bond acceptors (Lipinski definition) is 3. The Kier molecular flexibility index (Phi) is 7.20. The SMILES string of the molecule is CCCC(CNCC)N1CCN(Cc2ccccc2)CC1. The van der Waals surface area contributed by atoms with Crippen LogP contribution in [-0.2, 0) is 6.54 Å². The van der Waals surface area contributed by atoms with Crippen LogP contribution in [0.4, 0.5) is 0 Å². The van der Waals surface area contributed by atoms with Crippen molar-refractivity contribution in [2.75, 3.05) is 39.3 Å². The monoisotopic (exact) mass is 289 g/mol. The standard InChI is InChI=1S/C18H31N3/c1-3-8-18(15-19-4-2)21-13-11-20(12-14-21)16-17-9-6-5-7-10-17/h5-7,9-10,18-19H,3-4,8,11-16H2,1-2H3. The fraction of sp³-hybridized carbons (Fsp3) is 0.667. The van der Waals surface area contributed by atoms with Gasteiger partial charge >= 0.3 is 0 Å². The van der Waals surface area contributed by atoms with Crippen LogP contribution < -0.4 is 5.32 Å². The topological polar surface area (TPSA) is 18.5 Å². The van der Waals surface area contributed by atoms with Gasteiger partial charge in [0.05, 0.1) is 0 Å². The number of likely N-dealkylation sites (N-methyl/N-ethyl adjacent to an activating group) is 1. The van der Waals surface area contributed by atoms with Gasteiger partial charge in [-0.15, -0.1) is 0 Å². The largest absolute Gasteiger partial charge is 0.315 e. The highest BCUT2D eigenvalue weighted by atomic mass is 15.3. The van der Waals surface area contributed by atoms with Gasteiger partial charge in [-0.2, -0.15) is 0 Å². The van der Waals surface area contributed by atoms with Crippen molar-refractivity contribution >= 4 is 0 Å². The van der Waals surface area contributed by atoms with Gasteiger partial charge in [0, 0.05) is 45.3 Å². The highest BCUT2D eigenvalue weighted by Gasteiger charge is 2.22. The first-order chi connectivity index (χ1) is 10.3. The summed E-state index contributed by atoms with van der Waals surface area (Å²) in [5, 5.41) is 3.53. The van der Waals surface area contributed by atoms with Crippen LogP contribution in [-0.4, -0.2) is 55.1 Å². The molecule has 1 unspecified atom stereocenters. The van der Waals surface area contributed by atoms with Crippen LogP contribution in [0.5, 0.6) is 0 Å². The van der Waals surface area contributed by atoms with Gasteiger partial charge in [0.2, 0.25) is 0 Å². The zero-order valence-electron chi connectivity index (χ0n) is 13.7. The molecule has 1 heterocycles. The summed E-state index contributed by atoms with van der Waals surface area (Å²) in [5.74, 6) is 0. The van der Waals surface area contributed by atoms with Gasteiger partial charge in [0.15, 0.2) is 0 Å². The maximum atomic E-state index is 3.53. The molecule has 1 aromatic rings. The molecule has 0 radical (unpaired) electrons. The van der Waals surface area contributed by atoms with E-state index in [0.29, 0.717) is 6.04 Å². The van der Waals surface area contributed by atoms with Crippen LogP contribution in [0.3, 0.4) is 0 Å². The third-order valence-electron chi connectivity index (χ3n) is 4.42. The minimum Gasteiger partial charge on any atom is -0.315 e. The Bertz CT molecular complexity index is 371. The van der Waals surface area contributed by atoms with Gasteiger partial charge in [-0.25, -0.2) is 0 Å². The molecule has 0 amide bonds. The predicted octanol–water partition coefficient (Wildman–Crippen LogP) is 2.58. The molecule has 1 aliphatic heterocycles. The van der Waals surface area contributed by atoms with E-state index in [1.54, 1.807) is 0 Å². The first-order valence-electron chi connectivity index (χ1n) is 8.54. The van der Waals surface area contributed by atoms with Gasteiger partial charge in [-0.3, -0.25) is 9.80 Å². The molecule has 3 heteroatoms. The van der Waals surface area contributed by atoms with Crippen molar-refractivity contribution in [2.24, 2.45) is 0 Å². The van der Waals surface area contributed by atoms with Crippen molar-refractivity contribution in [1.29, 1.82) is 0 Å². The molecule has 1 fully saturated rings. The highest BCUT2D eigenvalue weighted by molar-refractivity contribution is 5.14. The second-order valence-electron chi connectivity index (χ2n) is 6.05. The van der Waals surface area contributed by atoms with Gasteiger partial charge in [-0.1, -0.05) is 50.6 Å². The zero-order valence-corrected chi connectivity index (χ0v) is 13.7. The van der Waals surface area contributed by atoms with Crippen LogP contribution in [0, 0.1) is 0 Å². The Morgan fingerprint density at radius 3 is 2.38 bits per heavy atom. The average molecular weight is 289 g/mol. The number of benzene rings is 1. The second kappa shape index (κ2) is 9.19. The van der Waals surface area contributed by atoms with Crippen molar-refractivity contribution in [3.63, 3.8) is 0 Å². The molecule has 0 bridgehead atoms. The van der Waals surface area contributed by atoms with E-state index < -0.39 is 0 Å². The lowest BCUT2D eigenvalue weighted by Gasteiger charge is -2.39. The van der Waals surface area contributed by atoms with E-state index in [1.807, 2.05) is 0 Å². The summed E-state index contributed by atoms with van der Waals surface area (Å²) in [6, 6.07) is 11.6. The molecule has 1 N–H and O–H groups in total. The average Bonchev–Trinajstić information content (AvgIpc) is 2.53. The lowest BCUT2D eigenvalue weighted by atomic mass is 10.1. The van der Waals surface area contributed by atoms with Crippen molar-refractivity contribution in [3.8, 4) is 0 Å². The third kappa shape index (κ3) is 5.42. The van der Waals surface area contributed by atoms with Crippen LogP contribution in [0.15, 0.2) is 30.3 Å². The maximum absolute atomic E-state index is 3.53. The summed E-state index contributed by atoms with van der Waals surface area (Å²) in [7, 11) is 0. The molecule has 21 heavy (non-hydrogen) atoms. The molecule has 1 aromatic carbocycles. The van der Waals surface area contributed by atoms with Crippen LogP contribution in [0.25, 0.3) is 0 Å². The van der Waals surface area contributed by atoms with Gasteiger partial charge in [0.1, 0.15) is 0 Å². The van der Waals surface area contributed by atoms with Crippen molar-refractivity contribution in [2.45, 2.75) is 39.3 Å². The van der Waals surface area contributed by atoms with Crippen molar-refractivity contribution in [1.82, 2.24) is 15.1 Å². The maximum Gasteiger partial charge on any atom is 0.0234 e. The number of piperazine rings is 1. The molecule has 2 rings (SSSR count).